The van der Waals surface area contributed by atoms with E-state index >= 15 is 0 Å². The number of benzene rings is 1. The second-order valence-corrected chi connectivity index (χ2v) is 5.51. The van der Waals surface area contributed by atoms with E-state index in [1.54, 1.807) is 17.0 Å². The molecule has 1 atom stereocenters. The Morgan fingerprint density at radius 3 is 2.90 bits per heavy atom. The molecule has 0 bridgehead atoms. The highest BCUT2D eigenvalue weighted by molar-refractivity contribution is 6.31. The van der Waals surface area contributed by atoms with Gasteiger partial charge in [0.25, 0.3) is 0 Å². The van der Waals surface area contributed by atoms with E-state index < -0.39 is 11.9 Å². The van der Waals surface area contributed by atoms with Gasteiger partial charge in [-0.25, -0.2) is 4.39 Å². The molecule has 114 valence electrons. The number of halogens is 2. The van der Waals surface area contributed by atoms with Crippen molar-refractivity contribution in [3.8, 4) is 0 Å². The summed E-state index contributed by atoms with van der Waals surface area (Å²) in [6.07, 6.45) is 1.64. The van der Waals surface area contributed by atoms with Crippen molar-refractivity contribution in [2.75, 3.05) is 6.54 Å². The van der Waals surface area contributed by atoms with Crippen LogP contribution in [-0.2, 0) is 16.1 Å². The lowest BCUT2D eigenvalue weighted by Gasteiger charge is -2.24. The Kier molecular flexibility index (Phi) is 5.17. The lowest BCUT2D eigenvalue weighted by molar-refractivity contribution is -0.134. The van der Waals surface area contributed by atoms with E-state index in [9.17, 15) is 14.0 Å². The standard InChI is InChI=1S/C15H18ClFN2O2/c1-2-4-12-15(21)19(8-7-13(20)18-12)9-10-5-3-6-11(17)14(10)16/h3,5-6,12H,2,4,7-9H2,1H3,(H,18,20). The molecule has 4 nitrogen and oxygen atoms in total. The zero-order valence-electron chi connectivity index (χ0n) is 11.9. The van der Waals surface area contributed by atoms with Crippen LogP contribution >= 0.6 is 11.6 Å². The average molecular weight is 313 g/mol. The first kappa shape index (κ1) is 15.8. The molecule has 0 aromatic heterocycles. The molecule has 1 heterocycles. The Bertz CT molecular complexity index is 550. The molecule has 6 heteroatoms. The predicted octanol–water partition coefficient (Wildman–Crippen LogP) is 2.50. The molecule has 21 heavy (non-hydrogen) atoms. The largest absolute Gasteiger partial charge is 0.344 e. The fraction of sp³-hybridized carbons (Fsp3) is 0.467. The van der Waals surface area contributed by atoms with Gasteiger partial charge in [0, 0.05) is 19.5 Å². The Labute approximate surface area is 128 Å². The summed E-state index contributed by atoms with van der Waals surface area (Å²) < 4.78 is 13.5. The van der Waals surface area contributed by atoms with Gasteiger partial charge in [-0.3, -0.25) is 9.59 Å². The summed E-state index contributed by atoms with van der Waals surface area (Å²) >= 11 is 5.93. The number of hydrogen-bond acceptors (Lipinski definition) is 2. The molecule has 1 aromatic rings. The minimum absolute atomic E-state index is 0.0286. The van der Waals surface area contributed by atoms with Crippen LogP contribution in [0.3, 0.4) is 0 Å². The van der Waals surface area contributed by atoms with Crippen LogP contribution in [0.5, 0.6) is 0 Å². The summed E-state index contributed by atoms with van der Waals surface area (Å²) in [6.45, 7) is 2.49. The Morgan fingerprint density at radius 2 is 2.19 bits per heavy atom. The third kappa shape index (κ3) is 3.73. The van der Waals surface area contributed by atoms with Gasteiger partial charge in [-0.1, -0.05) is 37.1 Å². The molecule has 1 aromatic carbocycles. The summed E-state index contributed by atoms with van der Waals surface area (Å²) in [4.78, 5) is 25.7. The van der Waals surface area contributed by atoms with Gasteiger partial charge in [0.1, 0.15) is 11.9 Å². The number of rotatable bonds is 4. The number of amides is 2. The van der Waals surface area contributed by atoms with E-state index in [1.165, 1.54) is 6.07 Å². The monoisotopic (exact) mass is 312 g/mol. The Hall–Kier alpha value is -1.62. The second-order valence-electron chi connectivity index (χ2n) is 5.13. The molecule has 1 unspecified atom stereocenters. The van der Waals surface area contributed by atoms with Crippen molar-refractivity contribution in [2.24, 2.45) is 0 Å². The molecule has 1 fully saturated rings. The summed E-state index contributed by atoms with van der Waals surface area (Å²) in [5.74, 6) is -0.770. The van der Waals surface area contributed by atoms with E-state index in [0.29, 0.717) is 18.5 Å². The van der Waals surface area contributed by atoms with Crippen LogP contribution in [0, 0.1) is 5.82 Å². The van der Waals surface area contributed by atoms with Gasteiger partial charge in [-0.05, 0) is 18.1 Å². The van der Waals surface area contributed by atoms with Gasteiger partial charge in [0.15, 0.2) is 0 Å². The maximum atomic E-state index is 13.5. The molecule has 1 aliphatic heterocycles. The van der Waals surface area contributed by atoms with Gasteiger partial charge in [-0.2, -0.15) is 0 Å². The van der Waals surface area contributed by atoms with E-state index in [1.807, 2.05) is 6.92 Å². The zero-order chi connectivity index (χ0) is 15.4. The zero-order valence-corrected chi connectivity index (χ0v) is 12.6. The van der Waals surface area contributed by atoms with Gasteiger partial charge < -0.3 is 10.2 Å². The second kappa shape index (κ2) is 6.89. The summed E-state index contributed by atoms with van der Waals surface area (Å²) in [5, 5.41) is 2.76. The maximum absolute atomic E-state index is 13.5. The van der Waals surface area contributed by atoms with Crippen molar-refractivity contribution in [3.63, 3.8) is 0 Å². The molecule has 1 aliphatic rings. The van der Waals surface area contributed by atoms with Crippen molar-refractivity contribution in [1.29, 1.82) is 0 Å². The molecule has 0 aliphatic carbocycles. The highest BCUT2D eigenvalue weighted by Crippen LogP contribution is 2.22. The fourth-order valence-electron chi connectivity index (χ4n) is 2.41. The fourth-order valence-corrected chi connectivity index (χ4v) is 2.60. The molecular weight excluding hydrogens is 295 g/mol. The summed E-state index contributed by atoms with van der Waals surface area (Å²) in [7, 11) is 0. The quantitative estimate of drug-likeness (QED) is 0.928. The van der Waals surface area contributed by atoms with E-state index in [-0.39, 0.29) is 29.8 Å². The lowest BCUT2D eigenvalue weighted by Crippen LogP contribution is -2.44. The third-order valence-corrected chi connectivity index (χ3v) is 3.95. The van der Waals surface area contributed by atoms with Crippen LogP contribution in [0.15, 0.2) is 18.2 Å². The highest BCUT2D eigenvalue weighted by atomic mass is 35.5. The first-order valence-corrected chi connectivity index (χ1v) is 7.41. The SMILES string of the molecule is CCCC1NC(=O)CCN(Cc2cccc(F)c2Cl)C1=O. The van der Waals surface area contributed by atoms with Crippen LogP contribution in [0.2, 0.25) is 5.02 Å². The van der Waals surface area contributed by atoms with Gasteiger partial charge >= 0.3 is 0 Å². The molecule has 0 radical (unpaired) electrons. The van der Waals surface area contributed by atoms with Crippen LogP contribution in [0.1, 0.15) is 31.7 Å². The number of nitrogens with one attached hydrogen (secondary N) is 1. The van der Waals surface area contributed by atoms with Crippen molar-refractivity contribution < 1.29 is 14.0 Å². The molecule has 0 saturated carbocycles. The lowest BCUT2D eigenvalue weighted by atomic mass is 10.1. The topological polar surface area (TPSA) is 49.4 Å². The van der Waals surface area contributed by atoms with Gasteiger partial charge in [-0.15, -0.1) is 0 Å². The third-order valence-electron chi connectivity index (χ3n) is 3.52. The van der Waals surface area contributed by atoms with Crippen molar-refractivity contribution >= 4 is 23.4 Å². The number of hydrogen-bond donors (Lipinski definition) is 1. The number of carbonyl (C=O) groups is 2. The summed E-state index contributed by atoms with van der Waals surface area (Å²) in [6, 6.07) is 4.03. The molecular formula is C15H18ClFN2O2. The molecule has 2 rings (SSSR count). The molecule has 2 amide bonds. The van der Waals surface area contributed by atoms with Gasteiger partial charge in [0.2, 0.25) is 11.8 Å². The smallest absolute Gasteiger partial charge is 0.245 e. The van der Waals surface area contributed by atoms with E-state index in [0.717, 1.165) is 6.42 Å². The van der Waals surface area contributed by atoms with Crippen molar-refractivity contribution in [1.82, 2.24) is 10.2 Å². The molecule has 0 spiro atoms. The first-order valence-electron chi connectivity index (χ1n) is 7.04. The molecule has 1 saturated heterocycles. The van der Waals surface area contributed by atoms with Gasteiger partial charge in [0.05, 0.1) is 5.02 Å². The minimum Gasteiger partial charge on any atom is -0.344 e. The van der Waals surface area contributed by atoms with Crippen molar-refractivity contribution in [2.45, 2.75) is 38.8 Å². The van der Waals surface area contributed by atoms with Crippen LogP contribution < -0.4 is 5.32 Å². The Balaban J connectivity index is 2.19. The van der Waals surface area contributed by atoms with Crippen LogP contribution in [-0.4, -0.2) is 29.3 Å². The predicted molar refractivity (Wildman–Crippen MR) is 78.3 cm³/mol. The van der Waals surface area contributed by atoms with Crippen molar-refractivity contribution in [3.05, 3.63) is 34.6 Å². The average Bonchev–Trinajstić information content (AvgIpc) is 2.58. The van der Waals surface area contributed by atoms with Crippen LogP contribution in [0.4, 0.5) is 4.39 Å². The Morgan fingerprint density at radius 1 is 1.43 bits per heavy atom. The number of carbonyl (C=O) groups excluding carboxylic acids is 2. The van der Waals surface area contributed by atoms with E-state index in [4.69, 9.17) is 11.6 Å². The maximum Gasteiger partial charge on any atom is 0.245 e. The first-order chi connectivity index (χ1) is 10.0. The van der Waals surface area contributed by atoms with E-state index in [2.05, 4.69) is 5.32 Å². The minimum atomic E-state index is -0.504. The highest BCUT2D eigenvalue weighted by Gasteiger charge is 2.29. The van der Waals surface area contributed by atoms with Crippen LogP contribution in [0.25, 0.3) is 0 Å². The summed E-state index contributed by atoms with van der Waals surface area (Å²) in [5.41, 5.74) is 0.551. The normalized spacial score (nSPS) is 19.4. The molecule has 1 N–H and O–H groups in total. The number of nitrogens with zero attached hydrogens (tertiary/aromatic N) is 1.